The largest absolute Gasteiger partial charge is 0.431 e. The number of rotatable bonds is 9. The lowest BCUT2D eigenvalue weighted by molar-refractivity contribution is -0.0918. The maximum absolute atomic E-state index is 14.2. The molecule has 0 spiro atoms. The van der Waals surface area contributed by atoms with Crippen LogP contribution in [0.25, 0.3) is 0 Å². The molecule has 3 rings (SSSR count). The van der Waals surface area contributed by atoms with Crippen molar-refractivity contribution in [2.75, 3.05) is 11.9 Å². The first-order valence-electron chi connectivity index (χ1n) is 13.2. The van der Waals surface area contributed by atoms with E-state index in [0.717, 1.165) is 48.8 Å². The van der Waals surface area contributed by atoms with E-state index in [4.69, 9.17) is 11.6 Å². The number of benzene rings is 2. The summed E-state index contributed by atoms with van der Waals surface area (Å²) in [5.74, 6) is -0.0464. The summed E-state index contributed by atoms with van der Waals surface area (Å²) in [6.45, 7) is 14.1. The lowest BCUT2D eigenvalue weighted by Crippen LogP contribution is -2.39. The second-order valence-corrected chi connectivity index (χ2v) is 10.3. The smallest absolute Gasteiger partial charge is 0.294 e. The first-order valence-corrected chi connectivity index (χ1v) is 13.5. The summed E-state index contributed by atoms with van der Waals surface area (Å²) in [6.07, 6.45) is 1.14. The molecule has 0 fully saturated rings. The van der Waals surface area contributed by atoms with E-state index in [1.165, 1.54) is 16.0 Å². The van der Waals surface area contributed by atoms with Gasteiger partial charge < -0.3 is 0 Å². The number of hydrogen-bond donors (Lipinski definition) is 0. The van der Waals surface area contributed by atoms with Crippen molar-refractivity contribution in [3.8, 4) is 0 Å². The van der Waals surface area contributed by atoms with Gasteiger partial charge in [0.25, 0.3) is 0 Å². The number of aryl methyl sites for hydroxylation is 1. The zero-order valence-electron chi connectivity index (χ0n) is 22.4. The second-order valence-electron chi connectivity index (χ2n) is 9.84. The van der Waals surface area contributed by atoms with E-state index in [1.807, 2.05) is 6.07 Å². The highest BCUT2D eigenvalue weighted by Gasteiger charge is 2.43. The van der Waals surface area contributed by atoms with Crippen LogP contribution in [0.2, 0.25) is 5.02 Å². The SMILES string of the molecule is C=C(CCC)CC1C[C@@H](c2cccc(CCC)c2CC)c2cc(Cl)ccc2N(C(=C)C(F)(F)F)C1=NC. The first kappa shape index (κ1) is 29.0. The highest BCUT2D eigenvalue weighted by molar-refractivity contribution is 6.30. The average Bonchev–Trinajstić information content (AvgIpc) is 2.97. The molecular formula is C31H38ClF3N2. The van der Waals surface area contributed by atoms with Crippen molar-refractivity contribution in [1.82, 2.24) is 0 Å². The van der Waals surface area contributed by atoms with Gasteiger partial charge in [-0.3, -0.25) is 9.89 Å². The van der Waals surface area contributed by atoms with Crippen molar-refractivity contribution in [2.24, 2.45) is 10.9 Å². The molecule has 1 heterocycles. The predicted octanol–water partition coefficient (Wildman–Crippen LogP) is 9.66. The molecule has 200 valence electrons. The van der Waals surface area contributed by atoms with Crippen LogP contribution >= 0.6 is 11.6 Å². The van der Waals surface area contributed by atoms with Gasteiger partial charge in [-0.2, -0.15) is 13.2 Å². The molecule has 0 aromatic heterocycles. The minimum atomic E-state index is -4.62. The Labute approximate surface area is 224 Å². The number of fused-ring (bicyclic) bond motifs is 1. The van der Waals surface area contributed by atoms with Crippen LogP contribution in [0.15, 0.2) is 65.8 Å². The third kappa shape index (κ3) is 6.31. The van der Waals surface area contributed by atoms with E-state index in [0.29, 0.717) is 29.4 Å². The number of hydrogen-bond acceptors (Lipinski definition) is 1. The van der Waals surface area contributed by atoms with Crippen LogP contribution in [0.4, 0.5) is 18.9 Å². The summed E-state index contributed by atoms with van der Waals surface area (Å²) in [4.78, 5) is 5.68. The Bertz CT molecular complexity index is 1170. The molecule has 6 heteroatoms. The summed E-state index contributed by atoms with van der Waals surface area (Å²) in [5.41, 5.74) is 4.99. The van der Waals surface area contributed by atoms with E-state index < -0.39 is 11.9 Å². The predicted molar refractivity (Wildman–Crippen MR) is 151 cm³/mol. The van der Waals surface area contributed by atoms with Gasteiger partial charge in [-0.05, 0) is 72.6 Å². The summed E-state index contributed by atoms with van der Waals surface area (Å²) >= 11 is 6.48. The highest BCUT2D eigenvalue weighted by Crippen LogP contribution is 2.47. The van der Waals surface area contributed by atoms with E-state index in [-0.39, 0.29) is 11.8 Å². The molecule has 0 radical (unpaired) electrons. The van der Waals surface area contributed by atoms with Crippen LogP contribution in [0.3, 0.4) is 0 Å². The Hall–Kier alpha value is -2.53. The molecule has 1 unspecified atom stereocenters. The summed E-state index contributed by atoms with van der Waals surface area (Å²) in [6, 6.07) is 11.5. The van der Waals surface area contributed by atoms with Gasteiger partial charge in [0.1, 0.15) is 11.5 Å². The van der Waals surface area contributed by atoms with E-state index in [9.17, 15) is 13.2 Å². The molecule has 1 aliphatic heterocycles. The van der Waals surface area contributed by atoms with Gasteiger partial charge >= 0.3 is 6.18 Å². The summed E-state index contributed by atoms with van der Waals surface area (Å²) in [7, 11) is 1.57. The van der Waals surface area contributed by atoms with Crippen molar-refractivity contribution in [1.29, 1.82) is 0 Å². The summed E-state index contributed by atoms with van der Waals surface area (Å²) < 4.78 is 42.6. The molecule has 1 aliphatic rings. The number of nitrogens with zero attached hydrogens (tertiary/aromatic N) is 2. The molecular weight excluding hydrogens is 493 g/mol. The van der Waals surface area contributed by atoms with Gasteiger partial charge in [-0.15, -0.1) is 0 Å². The molecule has 0 saturated carbocycles. The molecule has 37 heavy (non-hydrogen) atoms. The van der Waals surface area contributed by atoms with Gasteiger partial charge in [0.05, 0.1) is 5.69 Å². The maximum atomic E-state index is 14.2. The van der Waals surface area contributed by atoms with Crippen LogP contribution in [0, 0.1) is 5.92 Å². The van der Waals surface area contributed by atoms with Crippen molar-refractivity contribution < 1.29 is 13.2 Å². The van der Waals surface area contributed by atoms with Crippen molar-refractivity contribution in [3.05, 3.63) is 88.1 Å². The van der Waals surface area contributed by atoms with Crippen molar-refractivity contribution in [3.63, 3.8) is 0 Å². The number of amidine groups is 1. The van der Waals surface area contributed by atoms with Gasteiger partial charge in [0, 0.05) is 23.9 Å². The lowest BCUT2D eigenvalue weighted by Gasteiger charge is -2.32. The lowest BCUT2D eigenvalue weighted by atomic mass is 9.78. The summed E-state index contributed by atoms with van der Waals surface area (Å²) in [5, 5.41) is 0.493. The fraction of sp³-hybridized carbons (Fsp3) is 0.452. The van der Waals surface area contributed by atoms with Crippen molar-refractivity contribution in [2.45, 2.75) is 77.8 Å². The molecule has 0 amide bonds. The topological polar surface area (TPSA) is 15.6 Å². The normalized spacial score (nSPS) is 19.0. The quantitative estimate of drug-likeness (QED) is 0.294. The third-order valence-electron chi connectivity index (χ3n) is 7.24. The van der Waals surface area contributed by atoms with Crippen LogP contribution in [-0.2, 0) is 12.8 Å². The molecule has 0 saturated heterocycles. The van der Waals surface area contributed by atoms with E-state index in [2.05, 4.69) is 57.1 Å². The average molecular weight is 531 g/mol. The Kier molecular flexibility index (Phi) is 9.68. The number of halogens is 4. The standard InChI is InChI=1S/C31H38ClF3N2/c1-7-11-20(4)17-23-18-27(26-14-10-13-22(12-8-2)25(26)9-3)28-19-24(32)15-16-29(28)37(30(23)36-6)21(5)31(33,34)35/h10,13-16,19,23,27H,4-5,7-9,11-12,17-18H2,1-3,6H3/t23?,27-/m0/s1. The third-order valence-corrected chi connectivity index (χ3v) is 7.48. The fourth-order valence-electron chi connectivity index (χ4n) is 5.71. The minimum absolute atomic E-state index is 0.150. The number of aliphatic imine (C=N–C) groups is 1. The van der Waals surface area contributed by atoms with Crippen LogP contribution < -0.4 is 4.90 Å². The Morgan fingerprint density at radius 3 is 2.41 bits per heavy atom. The number of alkyl halides is 3. The molecule has 2 nitrogen and oxygen atoms in total. The zero-order valence-corrected chi connectivity index (χ0v) is 23.1. The highest BCUT2D eigenvalue weighted by atomic mass is 35.5. The molecule has 0 aliphatic carbocycles. The fourth-order valence-corrected chi connectivity index (χ4v) is 5.89. The van der Waals surface area contributed by atoms with Crippen LogP contribution in [-0.4, -0.2) is 19.1 Å². The molecule has 2 aromatic rings. The first-order chi connectivity index (χ1) is 17.6. The Morgan fingerprint density at radius 1 is 1.08 bits per heavy atom. The number of anilines is 1. The van der Waals surface area contributed by atoms with Gasteiger partial charge in [0.15, 0.2) is 0 Å². The zero-order chi connectivity index (χ0) is 27.3. The van der Waals surface area contributed by atoms with E-state index >= 15 is 0 Å². The van der Waals surface area contributed by atoms with Crippen molar-refractivity contribution >= 4 is 23.1 Å². The second kappa shape index (κ2) is 12.3. The monoisotopic (exact) mass is 530 g/mol. The number of allylic oxidation sites excluding steroid dienone is 2. The minimum Gasteiger partial charge on any atom is -0.294 e. The molecule has 2 aromatic carbocycles. The molecule has 0 bridgehead atoms. The maximum Gasteiger partial charge on any atom is 0.431 e. The van der Waals surface area contributed by atoms with Gasteiger partial charge in [0.2, 0.25) is 0 Å². The van der Waals surface area contributed by atoms with Gasteiger partial charge in [-0.25, -0.2) is 0 Å². The Balaban J connectivity index is 2.33. The Morgan fingerprint density at radius 2 is 1.81 bits per heavy atom. The molecule has 0 N–H and O–H groups in total. The van der Waals surface area contributed by atoms with E-state index in [1.54, 1.807) is 19.2 Å². The van der Waals surface area contributed by atoms with Crippen LogP contribution in [0.5, 0.6) is 0 Å². The van der Waals surface area contributed by atoms with Gasteiger partial charge in [-0.1, -0.05) is 82.1 Å². The van der Waals surface area contributed by atoms with Crippen LogP contribution in [0.1, 0.15) is 81.0 Å². The molecule has 2 atom stereocenters.